The van der Waals surface area contributed by atoms with Crippen molar-refractivity contribution in [2.24, 2.45) is 5.41 Å². The summed E-state index contributed by atoms with van der Waals surface area (Å²) in [4.78, 5) is 11.6. The van der Waals surface area contributed by atoms with E-state index < -0.39 is 0 Å². The molecule has 0 aromatic carbocycles. The SMILES string of the molecule is CCOC(=O)/C=C(\C)C12OC1(C)CCCC2(C)C. The lowest BCUT2D eigenvalue weighted by atomic mass is 9.61. The number of fused-ring (bicyclic) bond motifs is 1. The first kappa shape index (κ1) is 13.6. The van der Waals surface area contributed by atoms with Crippen molar-refractivity contribution in [1.82, 2.24) is 0 Å². The van der Waals surface area contributed by atoms with Crippen LogP contribution in [0.25, 0.3) is 0 Å². The molecule has 0 spiro atoms. The Bertz CT molecular complexity index is 397. The molecule has 1 aliphatic carbocycles. The van der Waals surface area contributed by atoms with Gasteiger partial charge in [-0.05, 0) is 45.6 Å². The molecule has 18 heavy (non-hydrogen) atoms. The molecule has 0 N–H and O–H groups in total. The lowest BCUT2D eigenvalue weighted by Gasteiger charge is -2.39. The lowest BCUT2D eigenvalue weighted by Crippen LogP contribution is -2.43. The Hall–Kier alpha value is -0.830. The Morgan fingerprint density at radius 1 is 1.33 bits per heavy atom. The van der Waals surface area contributed by atoms with Gasteiger partial charge in [-0.1, -0.05) is 13.8 Å². The number of rotatable bonds is 3. The minimum atomic E-state index is -0.273. The summed E-state index contributed by atoms with van der Waals surface area (Å²) in [5.41, 5.74) is 0.716. The Kier molecular flexibility index (Phi) is 3.09. The summed E-state index contributed by atoms with van der Waals surface area (Å²) < 4.78 is 11.1. The highest BCUT2D eigenvalue weighted by atomic mass is 16.6. The summed E-state index contributed by atoms with van der Waals surface area (Å²) in [5.74, 6) is -0.261. The molecule has 0 amide bonds. The third-order valence-electron chi connectivity index (χ3n) is 4.67. The molecule has 3 nitrogen and oxygen atoms in total. The van der Waals surface area contributed by atoms with Gasteiger partial charge in [0.2, 0.25) is 0 Å². The molecule has 2 rings (SSSR count). The van der Waals surface area contributed by atoms with E-state index in [4.69, 9.17) is 9.47 Å². The molecule has 1 aliphatic heterocycles. The van der Waals surface area contributed by atoms with Gasteiger partial charge in [0.15, 0.2) is 0 Å². The molecule has 0 bridgehead atoms. The quantitative estimate of drug-likeness (QED) is 0.440. The van der Waals surface area contributed by atoms with Crippen molar-refractivity contribution in [3.63, 3.8) is 0 Å². The van der Waals surface area contributed by atoms with Crippen LogP contribution < -0.4 is 0 Å². The van der Waals surface area contributed by atoms with E-state index in [1.807, 2.05) is 13.8 Å². The zero-order valence-electron chi connectivity index (χ0n) is 12.1. The third-order valence-corrected chi connectivity index (χ3v) is 4.67. The van der Waals surface area contributed by atoms with E-state index in [1.54, 1.807) is 6.08 Å². The summed E-state index contributed by atoms with van der Waals surface area (Å²) in [7, 11) is 0. The average molecular weight is 252 g/mol. The normalized spacial score (nSPS) is 37.9. The Morgan fingerprint density at radius 3 is 2.56 bits per heavy atom. The molecule has 0 radical (unpaired) electrons. The van der Waals surface area contributed by atoms with Gasteiger partial charge >= 0.3 is 5.97 Å². The van der Waals surface area contributed by atoms with Crippen molar-refractivity contribution < 1.29 is 14.3 Å². The molecule has 2 unspecified atom stereocenters. The lowest BCUT2D eigenvalue weighted by molar-refractivity contribution is -0.137. The van der Waals surface area contributed by atoms with Crippen molar-refractivity contribution in [3.8, 4) is 0 Å². The summed E-state index contributed by atoms with van der Waals surface area (Å²) in [5, 5.41) is 0. The molecule has 2 fully saturated rings. The van der Waals surface area contributed by atoms with Crippen LogP contribution in [-0.4, -0.2) is 23.8 Å². The van der Waals surface area contributed by atoms with Gasteiger partial charge in [-0.15, -0.1) is 0 Å². The predicted molar refractivity (Wildman–Crippen MR) is 70.2 cm³/mol. The van der Waals surface area contributed by atoms with Crippen LogP contribution in [0.1, 0.15) is 53.9 Å². The summed E-state index contributed by atoms with van der Waals surface area (Å²) in [6, 6.07) is 0. The molecule has 0 aromatic rings. The highest BCUT2D eigenvalue weighted by Crippen LogP contribution is 2.68. The van der Waals surface area contributed by atoms with E-state index in [9.17, 15) is 4.79 Å². The molecule has 2 aliphatic rings. The van der Waals surface area contributed by atoms with Gasteiger partial charge < -0.3 is 9.47 Å². The standard InChI is InChI=1S/C15H24O3/c1-6-17-12(16)10-11(2)15-13(3,4)8-7-9-14(15,5)18-15/h10H,6-9H2,1-5H3/b11-10+. The Labute approximate surface area is 110 Å². The second kappa shape index (κ2) is 4.09. The zero-order chi connectivity index (χ0) is 13.6. The van der Waals surface area contributed by atoms with E-state index in [1.165, 1.54) is 6.42 Å². The first-order chi connectivity index (χ1) is 8.29. The fourth-order valence-electron chi connectivity index (χ4n) is 3.93. The van der Waals surface area contributed by atoms with Gasteiger partial charge in [-0.3, -0.25) is 0 Å². The van der Waals surface area contributed by atoms with Gasteiger partial charge in [0, 0.05) is 11.5 Å². The van der Waals surface area contributed by atoms with E-state index >= 15 is 0 Å². The molecule has 1 heterocycles. The average Bonchev–Trinajstić information content (AvgIpc) is 2.87. The van der Waals surface area contributed by atoms with Crippen LogP contribution >= 0.6 is 0 Å². The van der Waals surface area contributed by atoms with Gasteiger partial charge in [0.05, 0.1) is 6.61 Å². The molecule has 1 saturated carbocycles. The van der Waals surface area contributed by atoms with Crippen molar-refractivity contribution >= 4 is 5.97 Å². The molecule has 102 valence electrons. The van der Waals surface area contributed by atoms with Crippen molar-refractivity contribution in [3.05, 3.63) is 11.6 Å². The van der Waals surface area contributed by atoms with Gasteiger partial charge in [-0.2, -0.15) is 0 Å². The van der Waals surface area contributed by atoms with Crippen LogP contribution in [0.2, 0.25) is 0 Å². The van der Waals surface area contributed by atoms with E-state index in [-0.39, 0.29) is 22.6 Å². The maximum atomic E-state index is 11.6. The van der Waals surface area contributed by atoms with Crippen LogP contribution in [0.15, 0.2) is 11.6 Å². The van der Waals surface area contributed by atoms with Crippen LogP contribution in [-0.2, 0) is 14.3 Å². The fraction of sp³-hybridized carbons (Fsp3) is 0.800. The maximum absolute atomic E-state index is 11.6. The first-order valence-corrected chi connectivity index (χ1v) is 6.85. The highest BCUT2D eigenvalue weighted by molar-refractivity contribution is 5.83. The number of hydrogen-bond donors (Lipinski definition) is 0. The topological polar surface area (TPSA) is 38.8 Å². The summed E-state index contributed by atoms with van der Waals surface area (Å²) in [6.07, 6.45) is 5.01. The van der Waals surface area contributed by atoms with E-state index in [0.29, 0.717) is 6.61 Å². The van der Waals surface area contributed by atoms with Crippen LogP contribution in [0.5, 0.6) is 0 Å². The molecular weight excluding hydrogens is 228 g/mol. The van der Waals surface area contributed by atoms with Crippen LogP contribution in [0.3, 0.4) is 0 Å². The zero-order valence-corrected chi connectivity index (χ0v) is 12.1. The minimum absolute atomic E-state index is 0.0765. The molecule has 2 atom stereocenters. The minimum Gasteiger partial charge on any atom is -0.463 e. The number of esters is 1. The fourth-order valence-corrected chi connectivity index (χ4v) is 3.93. The van der Waals surface area contributed by atoms with Gasteiger partial charge in [0.25, 0.3) is 0 Å². The number of hydrogen-bond acceptors (Lipinski definition) is 3. The second-order valence-electron chi connectivity index (χ2n) is 6.33. The van der Waals surface area contributed by atoms with Crippen molar-refractivity contribution in [2.45, 2.75) is 65.1 Å². The van der Waals surface area contributed by atoms with E-state index in [2.05, 4.69) is 20.8 Å². The smallest absolute Gasteiger partial charge is 0.330 e. The monoisotopic (exact) mass is 252 g/mol. The first-order valence-electron chi connectivity index (χ1n) is 6.85. The number of carbonyl (C=O) groups excluding carboxylic acids is 1. The number of carbonyl (C=O) groups is 1. The number of epoxide rings is 1. The second-order valence-corrected chi connectivity index (χ2v) is 6.33. The molecule has 1 saturated heterocycles. The van der Waals surface area contributed by atoms with Gasteiger partial charge in [0.1, 0.15) is 11.2 Å². The largest absolute Gasteiger partial charge is 0.463 e. The molecule has 3 heteroatoms. The Balaban J connectivity index is 2.28. The van der Waals surface area contributed by atoms with E-state index in [0.717, 1.165) is 18.4 Å². The maximum Gasteiger partial charge on any atom is 0.330 e. The number of ether oxygens (including phenoxy) is 2. The Morgan fingerprint density at radius 2 is 2.00 bits per heavy atom. The van der Waals surface area contributed by atoms with Crippen molar-refractivity contribution in [1.29, 1.82) is 0 Å². The third kappa shape index (κ3) is 1.71. The van der Waals surface area contributed by atoms with Crippen molar-refractivity contribution in [2.75, 3.05) is 6.61 Å². The summed E-state index contributed by atoms with van der Waals surface area (Å²) >= 11 is 0. The predicted octanol–water partition coefficient (Wildman–Crippen LogP) is 3.23. The highest BCUT2D eigenvalue weighted by Gasteiger charge is 2.75. The van der Waals surface area contributed by atoms with Crippen LogP contribution in [0, 0.1) is 5.41 Å². The van der Waals surface area contributed by atoms with Crippen LogP contribution in [0.4, 0.5) is 0 Å². The molecule has 0 aromatic heterocycles. The van der Waals surface area contributed by atoms with Gasteiger partial charge in [-0.25, -0.2) is 4.79 Å². The summed E-state index contributed by atoms with van der Waals surface area (Å²) in [6.45, 7) is 10.9. The molecular formula is C15H24O3.